The largest absolute Gasteiger partial charge is 0.335 e. The molecular weight excluding hydrogens is 330 g/mol. The predicted molar refractivity (Wildman–Crippen MR) is 96.2 cm³/mol. The zero-order valence-electron chi connectivity index (χ0n) is 15.1. The molecule has 1 saturated heterocycles. The van der Waals surface area contributed by atoms with Gasteiger partial charge in [-0.25, -0.2) is 4.79 Å². The normalized spacial score (nSPS) is 26.3. The van der Waals surface area contributed by atoms with E-state index in [0.29, 0.717) is 6.04 Å². The SMILES string of the molecule is CC1(c2ccccc2)NC(=O)N(CC(=O)N(C2CCCC2)C2CC2)C1=O. The monoisotopic (exact) mass is 355 g/mol. The Hall–Kier alpha value is -2.37. The van der Waals surface area contributed by atoms with Crippen molar-refractivity contribution in [3.63, 3.8) is 0 Å². The number of nitrogens with one attached hydrogen (secondary N) is 1. The van der Waals surface area contributed by atoms with Gasteiger partial charge in [0.15, 0.2) is 0 Å². The zero-order chi connectivity index (χ0) is 18.3. The average molecular weight is 355 g/mol. The third-order valence-corrected chi connectivity index (χ3v) is 5.87. The van der Waals surface area contributed by atoms with Crippen LogP contribution in [-0.4, -0.2) is 46.3 Å². The van der Waals surface area contributed by atoms with E-state index >= 15 is 0 Å². The van der Waals surface area contributed by atoms with Gasteiger partial charge < -0.3 is 10.2 Å². The minimum Gasteiger partial charge on any atom is -0.335 e. The fourth-order valence-corrected chi connectivity index (χ4v) is 4.27. The fourth-order valence-electron chi connectivity index (χ4n) is 4.27. The van der Waals surface area contributed by atoms with Crippen molar-refractivity contribution in [1.29, 1.82) is 0 Å². The fraction of sp³-hybridized carbons (Fsp3) is 0.550. The Labute approximate surface area is 153 Å². The molecule has 1 aromatic rings. The summed E-state index contributed by atoms with van der Waals surface area (Å²) in [5.41, 5.74) is -0.390. The van der Waals surface area contributed by atoms with Crippen molar-refractivity contribution >= 4 is 17.8 Å². The topological polar surface area (TPSA) is 69.7 Å². The highest BCUT2D eigenvalue weighted by Crippen LogP contribution is 2.35. The second-order valence-corrected chi connectivity index (χ2v) is 7.78. The smallest absolute Gasteiger partial charge is 0.325 e. The number of hydrogen-bond acceptors (Lipinski definition) is 3. The van der Waals surface area contributed by atoms with Crippen LogP contribution in [0.1, 0.15) is 51.0 Å². The summed E-state index contributed by atoms with van der Waals surface area (Å²) >= 11 is 0. The van der Waals surface area contributed by atoms with Crippen molar-refractivity contribution in [3.8, 4) is 0 Å². The van der Waals surface area contributed by atoms with E-state index in [-0.39, 0.29) is 24.4 Å². The molecule has 138 valence electrons. The Morgan fingerprint density at radius 2 is 1.73 bits per heavy atom. The Bertz CT molecular complexity index is 725. The molecule has 26 heavy (non-hydrogen) atoms. The van der Waals surface area contributed by atoms with Crippen LogP contribution in [0.25, 0.3) is 0 Å². The summed E-state index contributed by atoms with van der Waals surface area (Å²) in [7, 11) is 0. The summed E-state index contributed by atoms with van der Waals surface area (Å²) in [6, 6.07) is 9.26. The van der Waals surface area contributed by atoms with Crippen molar-refractivity contribution in [3.05, 3.63) is 35.9 Å². The van der Waals surface area contributed by atoms with Crippen molar-refractivity contribution in [1.82, 2.24) is 15.1 Å². The van der Waals surface area contributed by atoms with Crippen molar-refractivity contribution in [2.75, 3.05) is 6.54 Å². The lowest BCUT2D eigenvalue weighted by atomic mass is 9.92. The van der Waals surface area contributed by atoms with Crippen LogP contribution in [0.15, 0.2) is 30.3 Å². The number of rotatable bonds is 5. The highest BCUT2D eigenvalue weighted by atomic mass is 16.2. The van der Waals surface area contributed by atoms with Crippen LogP contribution in [-0.2, 0) is 15.1 Å². The van der Waals surface area contributed by atoms with E-state index in [2.05, 4.69) is 5.32 Å². The van der Waals surface area contributed by atoms with E-state index in [4.69, 9.17) is 0 Å². The maximum Gasteiger partial charge on any atom is 0.325 e. The molecule has 0 spiro atoms. The van der Waals surface area contributed by atoms with Crippen LogP contribution in [0.3, 0.4) is 0 Å². The Morgan fingerprint density at radius 1 is 1.12 bits per heavy atom. The molecule has 1 atom stereocenters. The molecule has 1 N–H and O–H groups in total. The average Bonchev–Trinajstić information content (AvgIpc) is 3.27. The van der Waals surface area contributed by atoms with Gasteiger partial charge in [0.05, 0.1) is 0 Å². The van der Waals surface area contributed by atoms with Crippen LogP contribution in [0.2, 0.25) is 0 Å². The number of urea groups is 1. The summed E-state index contributed by atoms with van der Waals surface area (Å²) < 4.78 is 0. The molecule has 2 aliphatic carbocycles. The maximum absolute atomic E-state index is 13.0. The second-order valence-electron chi connectivity index (χ2n) is 7.78. The number of carbonyl (C=O) groups is 3. The highest BCUT2D eigenvalue weighted by Gasteiger charge is 2.50. The molecular formula is C20H25N3O3. The van der Waals surface area contributed by atoms with Gasteiger partial charge in [-0.15, -0.1) is 0 Å². The van der Waals surface area contributed by atoms with Crippen LogP contribution < -0.4 is 5.32 Å². The Kier molecular flexibility index (Phi) is 4.21. The molecule has 0 aromatic heterocycles. The highest BCUT2D eigenvalue weighted by molar-refractivity contribution is 6.09. The molecule has 3 fully saturated rings. The van der Waals surface area contributed by atoms with Gasteiger partial charge in [-0.2, -0.15) is 0 Å². The number of carbonyl (C=O) groups excluding carboxylic acids is 3. The van der Waals surface area contributed by atoms with Crippen LogP contribution in [0.5, 0.6) is 0 Å². The molecule has 1 aromatic carbocycles. The van der Waals surface area contributed by atoms with Gasteiger partial charge in [-0.05, 0) is 38.2 Å². The summed E-state index contributed by atoms with van der Waals surface area (Å²) in [5, 5.41) is 2.77. The Balaban J connectivity index is 1.51. The van der Waals surface area contributed by atoms with E-state index < -0.39 is 11.6 Å². The first-order valence-electron chi connectivity index (χ1n) is 9.51. The van der Waals surface area contributed by atoms with Crippen LogP contribution in [0.4, 0.5) is 4.79 Å². The molecule has 2 saturated carbocycles. The van der Waals surface area contributed by atoms with E-state index in [1.807, 2.05) is 35.2 Å². The minimum absolute atomic E-state index is 0.0970. The molecule has 6 heteroatoms. The van der Waals surface area contributed by atoms with Gasteiger partial charge in [0.2, 0.25) is 5.91 Å². The summed E-state index contributed by atoms with van der Waals surface area (Å²) in [6.45, 7) is 1.53. The third kappa shape index (κ3) is 2.87. The first-order chi connectivity index (χ1) is 12.5. The van der Waals surface area contributed by atoms with E-state index in [1.54, 1.807) is 6.92 Å². The molecule has 1 heterocycles. The number of amides is 4. The summed E-state index contributed by atoms with van der Waals surface area (Å²) in [5.74, 6) is -0.454. The molecule has 3 aliphatic rings. The summed E-state index contributed by atoms with van der Waals surface area (Å²) in [4.78, 5) is 41.4. The second kappa shape index (κ2) is 6.41. The number of nitrogens with zero attached hydrogens (tertiary/aromatic N) is 2. The summed E-state index contributed by atoms with van der Waals surface area (Å²) in [6.07, 6.45) is 6.43. The predicted octanol–water partition coefficient (Wildman–Crippen LogP) is 2.39. The van der Waals surface area contributed by atoms with Gasteiger partial charge in [0, 0.05) is 12.1 Å². The van der Waals surface area contributed by atoms with Crippen LogP contribution >= 0.6 is 0 Å². The molecule has 4 amide bonds. The molecule has 1 unspecified atom stereocenters. The van der Waals surface area contributed by atoms with Gasteiger partial charge in [-0.1, -0.05) is 43.2 Å². The lowest BCUT2D eigenvalue weighted by Crippen LogP contribution is -2.48. The Morgan fingerprint density at radius 3 is 2.35 bits per heavy atom. The van der Waals surface area contributed by atoms with E-state index in [0.717, 1.165) is 49.0 Å². The quantitative estimate of drug-likeness (QED) is 0.825. The first-order valence-corrected chi connectivity index (χ1v) is 9.51. The van der Waals surface area contributed by atoms with Gasteiger partial charge in [0.1, 0.15) is 12.1 Å². The van der Waals surface area contributed by atoms with Crippen molar-refractivity contribution in [2.45, 2.75) is 63.1 Å². The van der Waals surface area contributed by atoms with Gasteiger partial charge >= 0.3 is 6.03 Å². The standard InChI is InChI=1S/C20H25N3O3/c1-20(14-7-3-2-4-8-14)18(25)22(19(26)21-20)13-17(24)23(16-11-12-16)15-9-5-6-10-15/h2-4,7-8,15-16H,5-6,9-13H2,1H3,(H,21,26). The van der Waals surface area contributed by atoms with Crippen molar-refractivity contribution < 1.29 is 14.4 Å². The zero-order valence-corrected chi connectivity index (χ0v) is 15.1. The lowest BCUT2D eigenvalue weighted by molar-refractivity contribution is -0.140. The number of benzene rings is 1. The first kappa shape index (κ1) is 17.1. The van der Waals surface area contributed by atoms with E-state index in [9.17, 15) is 14.4 Å². The van der Waals surface area contributed by atoms with Crippen LogP contribution in [0, 0.1) is 0 Å². The molecule has 6 nitrogen and oxygen atoms in total. The van der Waals surface area contributed by atoms with Gasteiger partial charge in [0.25, 0.3) is 5.91 Å². The molecule has 1 aliphatic heterocycles. The third-order valence-electron chi connectivity index (χ3n) is 5.87. The number of hydrogen-bond donors (Lipinski definition) is 1. The van der Waals surface area contributed by atoms with Crippen molar-refractivity contribution in [2.24, 2.45) is 0 Å². The maximum atomic E-state index is 13.0. The lowest BCUT2D eigenvalue weighted by Gasteiger charge is -2.30. The van der Waals surface area contributed by atoms with Gasteiger partial charge in [-0.3, -0.25) is 14.5 Å². The minimum atomic E-state index is -1.11. The number of imide groups is 1. The molecule has 0 radical (unpaired) electrons. The van der Waals surface area contributed by atoms with E-state index in [1.165, 1.54) is 0 Å². The molecule has 4 rings (SSSR count). The molecule has 0 bridgehead atoms.